The highest BCUT2D eigenvalue weighted by molar-refractivity contribution is 6.30. The van der Waals surface area contributed by atoms with Gasteiger partial charge in [-0.1, -0.05) is 25.1 Å². The highest BCUT2D eigenvalue weighted by Gasteiger charge is 2.11. The Hall–Kier alpha value is -1.09. The summed E-state index contributed by atoms with van der Waals surface area (Å²) in [6, 6.07) is 0. The Morgan fingerprint density at radius 3 is 2.79 bits per heavy atom. The number of nitrogens with zero attached hydrogens (tertiary/aromatic N) is 2. The number of halogens is 1. The van der Waals surface area contributed by atoms with Gasteiger partial charge in [0.05, 0.1) is 6.61 Å². The predicted molar refractivity (Wildman–Crippen MR) is 57.1 cm³/mol. The molecule has 0 bridgehead atoms. The Kier molecular flexibility index (Phi) is 3.89. The van der Waals surface area contributed by atoms with E-state index in [4.69, 9.17) is 16.3 Å². The van der Waals surface area contributed by atoms with Crippen LogP contribution in [0.25, 0.3) is 5.76 Å². The normalized spacial score (nSPS) is 9.93. The molecule has 0 aliphatic carbocycles. The molecule has 0 aromatic carbocycles. The number of hydrogen-bond acceptors (Lipinski definition) is 3. The van der Waals surface area contributed by atoms with E-state index in [1.54, 1.807) is 0 Å². The minimum absolute atomic E-state index is 0.471. The van der Waals surface area contributed by atoms with Gasteiger partial charge in [-0.2, -0.15) is 0 Å². The van der Waals surface area contributed by atoms with Crippen LogP contribution in [0.2, 0.25) is 5.15 Å². The van der Waals surface area contributed by atoms with Crippen LogP contribution in [0.1, 0.15) is 25.1 Å². The second kappa shape index (κ2) is 4.96. The van der Waals surface area contributed by atoms with Crippen molar-refractivity contribution in [1.82, 2.24) is 9.97 Å². The van der Waals surface area contributed by atoms with Crippen LogP contribution in [-0.4, -0.2) is 16.6 Å². The molecule has 1 rings (SSSR count). The third-order valence-electron chi connectivity index (χ3n) is 1.83. The second-order valence-corrected chi connectivity index (χ2v) is 3.06. The van der Waals surface area contributed by atoms with Crippen molar-refractivity contribution in [3.05, 3.63) is 29.3 Å². The maximum absolute atomic E-state index is 5.93. The number of aromatic nitrogens is 2. The Labute approximate surface area is 88.8 Å². The molecule has 0 fully saturated rings. The van der Waals surface area contributed by atoms with Gasteiger partial charge in [0.15, 0.2) is 0 Å². The van der Waals surface area contributed by atoms with Crippen LogP contribution in [0, 0.1) is 0 Å². The Morgan fingerprint density at radius 1 is 1.50 bits per heavy atom. The quantitative estimate of drug-likeness (QED) is 0.569. The van der Waals surface area contributed by atoms with Gasteiger partial charge in [0.2, 0.25) is 0 Å². The average Bonchev–Trinajstić information content (AvgIpc) is 2.17. The summed E-state index contributed by atoms with van der Waals surface area (Å²) < 4.78 is 5.28. The summed E-state index contributed by atoms with van der Waals surface area (Å²) in [6.07, 6.45) is 2.18. The SMILES string of the molecule is C=C(OCC)c1ncnc(Cl)c1CC. The third-order valence-corrected chi connectivity index (χ3v) is 2.15. The molecular weight excluding hydrogens is 200 g/mol. The molecule has 0 unspecified atom stereocenters. The van der Waals surface area contributed by atoms with Crippen LogP contribution >= 0.6 is 11.6 Å². The van der Waals surface area contributed by atoms with Crippen molar-refractivity contribution in [2.24, 2.45) is 0 Å². The largest absolute Gasteiger partial charge is 0.492 e. The lowest BCUT2D eigenvalue weighted by atomic mass is 10.1. The molecule has 0 amide bonds. The van der Waals surface area contributed by atoms with Gasteiger partial charge in [0.1, 0.15) is 22.9 Å². The van der Waals surface area contributed by atoms with Crippen molar-refractivity contribution in [1.29, 1.82) is 0 Å². The van der Waals surface area contributed by atoms with Crippen LogP contribution in [0.15, 0.2) is 12.9 Å². The zero-order chi connectivity index (χ0) is 10.6. The molecule has 0 aliphatic rings. The average molecular weight is 213 g/mol. The molecule has 76 valence electrons. The third kappa shape index (κ3) is 2.23. The van der Waals surface area contributed by atoms with Gasteiger partial charge in [-0.3, -0.25) is 0 Å². The van der Waals surface area contributed by atoms with Gasteiger partial charge < -0.3 is 4.74 Å². The first-order chi connectivity index (χ1) is 6.70. The maximum Gasteiger partial charge on any atom is 0.138 e. The van der Waals surface area contributed by atoms with E-state index >= 15 is 0 Å². The standard InChI is InChI=1S/C10H13ClN2O/c1-4-8-9(7(3)14-5-2)12-6-13-10(8)11/h6H,3-5H2,1-2H3. The summed E-state index contributed by atoms with van der Waals surface area (Å²) >= 11 is 5.93. The van der Waals surface area contributed by atoms with E-state index < -0.39 is 0 Å². The summed E-state index contributed by atoms with van der Waals surface area (Å²) in [4.78, 5) is 8.02. The molecule has 0 spiro atoms. The Morgan fingerprint density at radius 2 is 2.21 bits per heavy atom. The molecule has 1 heterocycles. The van der Waals surface area contributed by atoms with Crippen LogP contribution in [0.5, 0.6) is 0 Å². The summed E-state index contributed by atoms with van der Waals surface area (Å²) in [5.74, 6) is 0.550. The fraction of sp³-hybridized carbons (Fsp3) is 0.400. The lowest BCUT2D eigenvalue weighted by molar-refractivity contribution is 0.297. The van der Waals surface area contributed by atoms with E-state index in [1.807, 2.05) is 13.8 Å². The highest BCUT2D eigenvalue weighted by Crippen LogP contribution is 2.21. The topological polar surface area (TPSA) is 35.0 Å². The molecule has 0 aliphatic heterocycles. The highest BCUT2D eigenvalue weighted by atomic mass is 35.5. The van der Waals surface area contributed by atoms with E-state index in [1.165, 1.54) is 6.33 Å². The molecule has 1 aromatic rings. The maximum atomic E-state index is 5.93. The van der Waals surface area contributed by atoms with Gasteiger partial charge in [-0.05, 0) is 13.3 Å². The summed E-state index contributed by atoms with van der Waals surface area (Å²) in [5, 5.41) is 0.471. The zero-order valence-electron chi connectivity index (χ0n) is 8.38. The fourth-order valence-electron chi connectivity index (χ4n) is 1.19. The van der Waals surface area contributed by atoms with Gasteiger partial charge in [-0.15, -0.1) is 0 Å². The van der Waals surface area contributed by atoms with Crippen molar-refractivity contribution < 1.29 is 4.74 Å². The first-order valence-corrected chi connectivity index (χ1v) is 4.89. The lowest BCUT2D eigenvalue weighted by Gasteiger charge is -2.10. The van der Waals surface area contributed by atoms with Crippen molar-refractivity contribution in [2.75, 3.05) is 6.61 Å². The van der Waals surface area contributed by atoms with Crippen molar-refractivity contribution in [3.8, 4) is 0 Å². The second-order valence-electron chi connectivity index (χ2n) is 2.70. The minimum atomic E-state index is 0.471. The van der Waals surface area contributed by atoms with Gasteiger partial charge in [0.25, 0.3) is 0 Å². The van der Waals surface area contributed by atoms with E-state index in [9.17, 15) is 0 Å². The molecule has 0 saturated heterocycles. The van der Waals surface area contributed by atoms with Crippen molar-refractivity contribution >= 4 is 17.4 Å². The molecule has 14 heavy (non-hydrogen) atoms. The molecule has 0 radical (unpaired) electrons. The van der Waals surface area contributed by atoms with E-state index in [2.05, 4.69) is 16.5 Å². The predicted octanol–water partition coefficient (Wildman–Crippen LogP) is 2.70. The summed E-state index contributed by atoms with van der Waals surface area (Å²) in [5.41, 5.74) is 1.59. The molecule has 4 heteroatoms. The Balaban J connectivity index is 3.07. The fourth-order valence-corrected chi connectivity index (χ4v) is 1.45. The van der Waals surface area contributed by atoms with E-state index in [0.29, 0.717) is 23.2 Å². The summed E-state index contributed by atoms with van der Waals surface area (Å²) in [7, 11) is 0. The zero-order valence-corrected chi connectivity index (χ0v) is 9.14. The van der Waals surface area contributed by atoms with Crippen LogP contribution in [0.4, 0.5) is 0 Å². The first kappa shape index (κ1) is 11.0. The molecule has 0 atom stereocenters. The van der Waals surface area contributed by atoms with Crippen LogP contribution in [0.3, 0.4) is 0 Å². The number of rotatable bonds is 4. The van der Waals surface area contributed by atoms with Gasteiger partial charge >= 0.3 is 0 Å². The molecule has 0 N–H and O–H groups in total. The summed E-state index contributed by atoms with van der Waals surface area (Å²) in [6.45, 7) is 8.26. The lowest BCUT2D eigenvalue weighted by Crippen LogP contribution is -2.01. The van der Waals surface area contributed by atoms with E-state index in [-0.39, 0.29) is 0 Å². The van der Waals surface area contributed by atoms with Gasteiger partial charge in [0, 0.05) is 5.56 Å². The Bertz CT molecular complexity index is 339. The van der Waals surface area contributed by atoms with Crippen molar-refractivity contribution in [2.45, 2.75) is 20.3 Å². The molecule has 0 saturated carbocycles. The number of ether oxygens (including phenoxy) is 1. The molecular formula is C10H13ClN2O. The van der Waals surface area contributed by atoms with E-state index in [0.717, 1.165) is 12.0 Å². The van der Waals surface area contributed by atoms with Crippen LogP contribution in [-0.2, 0) is 11.2 Å². The van der Waals surface area contributed by atoms with Crippen LogP contribution < -0.4 is 0 Å². The molecule has 3 nitrogen and oxygen atoms in total. The number of hydrogen-bond donors (Lipinski definition) is 0. The minimum Gasteiger partial charge on any atom is -0.492 e. The van der Waals surface area contributed by atoms with Gasteiger partial charge in [-0.25, -0.2) is 9.97 Å². The smallest absolute Gasteiger partial charge is 0.138 e. The molecule has 1 aromatic heterocycles. The monoisotopic (exact) mass is 212 g/mol. The first-order valence-electron chi connectivity index (χ1n) is 4.52. The van der Waals surface area contributed by atoms with Crippen molar-refractivity contribution in [3.63, 3.8) is 0 Å².